The Kier molecular flexibility index (Phi) is 3.84. The molecule has 0 radical (unpaired) electrons. The maximum Gasteiger partial charge on any atom is 0.329 e. The molecule has 0 spiro atoms. The van der Waals surface area contributed by atoms with E-state index in [4.69, 9.17) is 4.74 Å². The van der Waals surface area contributed by atoms with Crippen molar-refractivity contribution in [2.24, 2.45) is 0 Å². The Morgan fingerprint density at radius 2 is 2.15 bits per heavy atom. The molecule has 1 aliphatic heterocycles. The van der Waals surface area contributed by atoms with Gasteiger partial charge in [-0.2, -0.15) is 0 Å². The molecule has 0 saturated carbocycles. The zero-order valence-corrected chi connectivity index (χ0v) is 12.4. The van der Waals surface area contributed by atoms with E-state index in [1.807, 2.05) is 32.9 Å². The number of carbonyl (C=O) groups excluding carboxylic acids is 2. The van der Waals surface area contributed by atoms with Gasteiger partial charge in [-0.15, -0.1) is 0 Å². The lowest BCUT2D eigenvalue weighted by Crippen LogP contribution is -2.46. The number of rotatable bonds is 3. The van der Waals surface area contributed by atoms with E-state index in [0.29, 0.717) is 13.0 Å². The highest BCUT2D eigenvalue weighted by Crippen LogP contribution is 2.38. The quantitative estimate of drug-likeness (QED) is 0.859. The molecule has 108 valence electrons. The Morgan fingerprint density at radius 1 is 1.45 bits per heavy atom. The predicted octanol–water partition coefficient (Wildman–Crippen LogP) is 2.01. The fraction of sp³-hybridized carbons (Fsp3) is 0.500. The van der Waals surface area contributed by atoms with Crippen molar-refractivity contribution in [2.75, 3.05) is 6.61 Å². The van der Waals surface area contributed by atoms with Crippen molar-refractivity contribution < 1.29 is 14.3 Å². The predicted molar refractivity (Wildman–Crippen MR) is 76.4 cm³/mol. The van der Waals surface area contributed by atoms with Gasteiger partial charge in [-0.1, -0.05) is 30.7 Å². The minimum absolute atomic E-state index is 0.105. The Labute approximate surface area is 119 Å². The summed E-state index contributed by atoms with van der Waals surface area (Å²) < 4.78 is 5.11. The number of nitrogens with one attached hydrogen (secondary N) is 1. The molecule has 4 heteroatoms. The molecule has 1 aliphatic rings. The lowest BCUT2D eigenvalue weighted by atomic mass is 9.74. The fourth-order valence-corrected chi connectivity index (χ4v) is 2.95. The highest BCUT2D eigenvalue weighted by Gasteiger charge is 2.49. The SMILES string of the molecule is CCOC(=O)C1NC(=O)CC1(C)c1cc(C)ccc1C. The van der Waals surface area contributed by atoms with Crippen LogP contribution in [0.2, 0.25) is 0 Å². The van der Waals surface area contributed by atoms with Crippen LogP contribution in [0.1, 0.15) is 37.0 Å². The average Bonchev–Trinajstić information content (AvgIpc) is 2.69. The van der Waals surface area contributed by atoms with Crippen LogP contribution in [-0.4, -0.2) is 24.5 Å². The zero-order valence-electron chi connectivity index (χ0n) is 12.4. The largest absolute Gasteiger partial charge is 0.464 e. The van der Waals surface area contributed by atoms with Gasteiger partial charge < -0.3 is 10.1 Å². The molecule has 1 amide bonds. The molecule has 0 aliphatic carbocycles. The van der Waals surface area contributed by atoms with Crippen LogP contribution in [-0.2, 0) is 19.7 Å². The molecular formula is C16H21NO3. The third kappa shape index (κ3) is 2.42. The second-order valence-electron chi connectivity index (χ2n) is 5.67. The second kappa shape index (κ2) is 5.27. The van der Waals surface area contributed by atoms with Crippen molar-refractivity contribution >= 4 is 11.9 Å². The molecule has 1 N–H and O–H groups in total. The number of hydrogen-bond donors (Lipinski definition) is 1. The highest BCUT2D eigenvalue weighted by molar-refractivity contribution is 5.91. The van der Waals surface area contributed by atoms with E-state index in [-0.39, 0.29) is 11.9 Å². The van der Waals surface area contributed by atoms with Gasteiger partial charge in [0.25, 0.3) is 0 Å². The molecule has 4 nitrogen and oxygen atoms in total. The number of carbonyl (C=O) groups is 2. The van der Waals surface area contributed by atoms with Crippen LogP contribution < -0.4 is 5.32 Å². The Hall–Kier alpha value is -1.84. The molecule has 1 aromatic carbocycles. The summed E-state index contributed by atoms with van der Waals surface area (Å²) in [6.07, 6.45) is 0.306. The number of hydrogen-bond acceptors (Lipinski definition) is 3. The second-order valence-corrected chi connectivity index (χ2v) is 5.67. The smallest absolute Gasteiger partial charge is 0.329 e. The summed E-state index contributed by atoms with van der Waals surface area (Å²) in [6.45, 7) is 8.05. The van der Waals surface area contributed by atoms with E-state index >= 15 is 0 Å². The van der Waals surface area contributed by atoms with Crippen LogP contribution in [0.4, 0.5) is 0 Å². The van der Waals surface area contributed by atoms with Crippen LogP contribution in [0.25, 0.3) is 0 Å². The molecule has 2 rings (SSSR count). The van der Waals surface area contributed by atoms with E-state index in [1.54, 1.807) is 6.92 Å². The lowest BCUT2D eigenvalue weighted by Gasteiger charge is -2.30. The molecule has 2 atom stereocenters. The number of aryl methyl sites for hydroxylation is 2. The maximum absolute atomic E-state index is 12.1. The van der Waals surface area contributed by atoms with Crippen molar-refractivity contribution in [1.82, 2.24) is 5.32 Å². The molecular weight excluding hydrogens is 254 g/mol. The van der Waals surface area contributed by atoms with Gasteiger partial charge in [0.05, 0.1) is 6.61 Å². The van der Waals surface area contributed by atoms with Crippen molar-refractivity contribution in [3.63, 3.8) is 0 Å². The minimum atomic E-state index is -0.615. The topological polar surface area (TPSA) is 55.4 Å². The Morgan fingerprint density at radius 3 is 2.80 bits per heavy atom. The summed E-state index contributed by atoms with van der Waals surface area (Å²) in [6, 6.07) is 5.50. The van der Waals surface area contributed by atoms with E-state index in [9.17, 15) is 9.59 Å². The van der Waals surface area contributed by atoms with Crippen LogP contribution >= 0.6 is 0 Å². The molecule has 1 saturated heterocycles. The van der Waals surface area contributed by atoms with Gasteiger partial charge in [-0.25, -0.2) is 4.79 Å². The van der Waals surface area contributed by atoms with Gasteiger partial charge in [-0.05, 0) is 31.9 Å². The summed E-state index contributed by atoms with van der Waals surface area (Å²) >= 11 is 0. The summed E-state index contributed by atoms with van der Waals surface area (Å²) in [4.78, 5) is 24.0. The van der Waals surface area contributed by atoms with E-state index in [1.165, 1.54) is 0 Å². The van der Waals surface area contributed by atoms with Gasteiger partial charge in [0.2, 0.25) is 5.91 Å². The summed E-state index contributed by atoms with van der Waals surface area (Å²) in [5.41, 5.74) is 2.69. The van der Waals surface area contributed by atoms with Crippen molar-refractivity contribution in [1.29, 1.82) is 0 Å². The molecule has 2 unspecified atom stereocenters. The maximum atomic E-state index is 12.1. The van der Waals surface area contributed by atoms with E-state index < -0.39 is 11.5 Å². The van der Waals surface area contributed by atoms with Crippen LogP contribution in [0, 0.1) is 13.8 Å². The first-order chi connectivity index (χ1) is 9.38. The van der Waals surface area contributed by atoms with Gasteiger partial charge in [-0.3, -0.25) is 4.79 Å². The van der Waals surface area contributed by atoms with Crippen molar-refractivity contribution in [2.45, 2.75) is 45.6 Å². The average molecular weight is 275 g/mol. The summed E-state index contributed by atoms with van der Waals surface area (Å²) in [5.74, 6) is -0.465. The van der Waals surface area contributed by atoms with Crippen molar-refractivity contribution in [3.05, 3.63) is 34.9 Å². The molecule has 0 bridgehead atoms. The zero-order chi connectivity index (χ0) is 14.9. The monoisotopic (exact) mass is 275 g/mol. The number of benzene rings is 1. The van der Waals surface area contributed by atoms with Crippen LogP contribution in [0.5, 0.6) is 0 Å². The van der Waals surface area contributed by atoms with Crippen molar-refractivity contribution in [3.8, 4) is 0 Å². The molecule has 20 heavy (non-hydrogen) atoms. The fourth-order valence-electron chi connectivity index (χ4n) is 2.95. The summed E-state index contributed by atoms with van der Waals surface area (Å²) in [5, 5.41) is 2.76. The first-order valence-electron chi connectivity index (χ1n) is 6.92. The normalized spacial score (nSPS) is 25.4. The highest BCUT2D eigenvalue weighted by atomic mass is 16.5. The van der Waals surface area contributed by atoms with Crippen LogP contribution in [0.3, 0.4) is 0 Å². The van der Waals surface area contributed by atoms with E-state index in [2.05, 4.69) is 11.4 Å². The molecule has 1 fully saturated rings. The van der Waals surface area contributed by atoms with Gasteiger partial charge >= 0.3 is 5.97 Å². The summed E-state index contributed by atoms with van der Waals surface area (Å²) in [7, 11) is 0. The van der Waals surface area contributed by atoms with Gasteiger partial charge in [0.1, 0.15) is 6.04 Å². The lowest BCUT2D eigenvalue weighted by molar-refractivity contribution is -0.147. The Balaban J connectivity index is 2.46. The minimum Gasteiger partial charge on any atom is -0.464 e. The third-order valence-electron chi connectivity index (χ3n) is 4.00. The number of amides is 1. The first kappa shape index (κ1) is 14.6. The Bertz CT molecular complexity index is 553. The first-order valence-corrected chi connectivity index (χ1v) is 6.92. The third-order valence-corrected chi connectivity index (χ3v) is 4.00. The molecule has 1 heterocycles. The van der Waals surface area contributed by atoms with E-state index in [0.717, 1.165) is 16.7 Å². The standard InChI is InChI=1S/C16H21NO3/c1-5-20-15(19)14-16(4,9-13(18)17-14)12-8-10(2)6-7-11(12)3/h6-8,14H,5,9H2,1-4H3,(H,17,18). The van der Waals surface area contributed by atoms with Crippen LogP contribution in [0.15, 0.2) is 18.2 Å². The molecule has 0 aromatic heterocycles. The number of esters is 1. The molecule has 1 aromatic rings. The number of ether oxygens (including phenoxy) is 1. The van der Waals surface area contributed by atoms with Gasteiger partial charge in [0.15, 0.2) is 0 Å². The van der Waals surface area contributed by atoms with Gasteiger partial charge in [0, 0.05) is 11.8 Å².